The summed E-state index contributed by atoms with van der Waals surface area (Å²) in [6.07, 6.45) is -2.38. The second-order valence-corrected chi connectivity index (χ2v) is 7.81. The molecule has 1 aromatic carbocycles. The highest BCUT2D eigenvalue weighted by Gasteiger charge is 2.87. The van der Waals surface area contributed by atoms with Crippen molar-refractivity contribution in [1.29, 1.82) is 0 Å². The van der Waals surface area contributed by atoms with Gasteiger partial charge in [-0.05, 0) is 30.2 Å². The Balaban J connectivity index is 2.17. The molecule has 15 heteroatoms. The maximum Gasteiger partial charge on any atom is 0.384 e. The van der Waals surface area contributed by atoms with E-state index >= 15 is 0 Å². The normalized spacial score (nSPS) is 13.7. The predicted molar refractivity (Wildman–Crippen MR) is 105 cm³/mol. The minimum Gasteiger partial charge on any atom is -0.455 e. The molecule has 0 atom stereocenters. The first kappa shape index (κ1) is 30.2. The summed E-state index contributed by atoms with van der Waals surface area (Å²) < 4.78 is 162. The van der Waals surface area contributed by atoms with Gasteiger partial charge in [0.2, 0.25) is 0 Å². The molecule has 0 aliphatic carbocycles. The van der Waals surface area contributed by atoms with E-state index < -0.39 is 54.2 Å². The number of aryl methyl sites for hydroxylation is 1. The van der Waals surface area contributed by atoms with Gasteiger partial charge in [-0.1, -0.05) is 31.5 Å². The van der Waals surface area contributed by atoms with Crippen molar-refractivity contribution in [1.82, 2.24) is 4.98 Å². The van der Waals surface area contributed by atoms with E-state index in [-0.39, 0.29) is 0 Å². The van der Waals surface area contributed by atoms with Crippen LogP contribution in [-0.4, -0.2) is 53.6 Å². The van der Waals surface area contributed by atoms with Crippen molar-refractivity contribution in [2.45, 2.75) is 55.8 Å². The second-order valence-electron chi connectivity index (χ2n) is 7.81. The highest BCUT2D eigenvalue weighted by atomic mass is 19.4. The molecule has 3 nitrogen and oxygen atoms in total. The minimum absolute atomic E-state index is 0.415. The van der Waals surface area contributed by atoms with Crippen LogP contribution in [0, 0.1) is 0 Å². The van der Waals surface area contributed by atoms with Crippen LogP contribution in [0.15, 0.2) is 42.6 Å². The van der Waals surface area contributed by atoms with Crippen LogP contribution >= 0.6 is 0 Å². The fraction of sp³-hybridized carbons (Fsp3) is 0.455. The van der Waals surface area contributed by atoms with Gasteiger partial charge in [-0.25, -0.2) is 13.6 Å². The number of halogens is 12. The van der Waals surface area contributed by atoms with Gasteiger partial charge in [0, 0.05) is 11.8 Å². The van der Waals surface area contributed by atoms with Crippen molar-refractivity contribution in [2.75, 3.05) is 6.61 Å². The molecule has 206 valence electrons. The fourth-order valence-electron chi connectivity index (χ4n) is 2.91. The molecule has 0 N–H and O–H groups in total. The van der Waals surface area contributed by atoms with Crippen LogP contribution < -0.4 is 0 Å². The SMILES string of the molecule is CCCc1ccc(-c2ccc(C(=O)OCC(F)(F)C(F)(F)C(F)(F)C(F)(F)C(F)(F)C(F)F)cc2)nc1. The molecule has 0 spiro atoms. The third kappa shape index (κ3) is 5.49. The van der Waals surface area contributed by atoms with E-state index in [2.05, 4.69) is 9.72 Å². The maximum atomic E-state index is 13.8. The average molecular weight is 555 g/mol. The maximum absolute atomic E-state index is 13.8. The molecule has 0 saturated carbocycles. The number of ether oxygens (including phenoxy) is 1. The third-order valence-corrected chi connectivity index (χ3v) is 5.11. The zero-order chi connectivity index (χ0) is 28.4. The van der Waals surface area contributed by atoms with Crippen LogP contribution in [0.25, 0.3) is 11.3 Å². The largest absolute Gasteiger partial charge is 0.455 e. The van der Waals surface area contributed by atoms with Gasteiger partial charge < -0.3 is 4.74 Å². The summed E-state index contributed by atoms with van der Waals surface area (Å²) in [5.74, 6) is -37.9. The van der Waals surface area contributed by atoms with E-state index in [0.29, 0.717) is 11.3 Å². The number of pyridine rings is 1. The molecule has 0 saturated heterocycles. The predicted octanol–water partition coefficient (Wildman–Crippen LogP) is 7.30. The Morgan fingerprint density at radius 1 is 0.838 bits per heavy atom. The number of nitrogens with zero attached hydrogens (tertiary/aromatic N) is 1. The zero-order valence-corrected chi connectivity index (χ0v) is 18.5. The quantitative estimate of drug-likeness (QED) is 0.216. The topological polar surface area (TPSA) is 39.2 Å². The van der Waals surface area contributed by atoms with Crippen molar-refractivity contribution in [3.63, 3.8) is 0 Å². The molecule has 2 rings (SSSR count). The summed E-state index contributed by atoms with van der Waals surface area (Å²) in [6.45, 7) is -1.01. The Hall–Kier alpha value is -3.00. The van der Waals surface area contributed by atoms with Crippen molar-refractivity contribution in [3.8, 4) is 11.3 Å². The first-order chi connectivity index (χ1) is 16.8. The number of carbonyl (C=O) groups is 1. The number of hydrogen-bond acceptors (Lipinski definition) is 3. The van der Waals surface area contributed by atoms with Crippen LogP contribution in [0.1, 0.15) is 29.3 Å². The van der Waals surface area contributed by atoms with E-state index in [0.717, 1.165) is 30.5 Å². The van der Waals surface area contributed by atoms with Gasteiger partial charge in [-0.15, -0.1) is 0 Å². The number of esters is 1. The van der Waals surface area contributed by atoms with E-state index in [1.807, 2.05) is 6.92 Å². The van der Waals surface area contributed by atoms with Gasteiger partial charge in [0.25, 0.3) is 0 Å². The molecule has 37 heavy (non-hydrogen) atoms. The third-order valence-electron chi connectivity index (χ3n) is 5.11. The molecule has 1 heterocycles. The molecule has 0 aliphatic heterocycles. The molecule has 0 radical (unpaired) electrons. The number of carbonyl (C=O) groups excluding carboxylic acids is 1. The zero-order valence-electron chi connectivity index (χ0n) is 18.5. The summed E-state index contributed by atoms with van der Waals surface area (Å²) >= 11 is 0. The van der Waals surface area contributed by atoms with Crippen molar-refractivity contribution >= 4 is 5.97 Å². The lowest BCUT2D eigenvalue weighted by molar-refractivity contribution is -0.414. The van der Waals surface area contributed by atoms with Crippen molar-refractivity contribution < 1.29 is 62.2 Å². The van der Waals surface area contributed by atoms with Gasteiger partial charge in [-0.2, -0.15) is 43.9 Å². The molecular weight excluding hydrogens is 538 g/mol. The first-order valence-electron chi connectivity index (χ1n) is 10.2. The minimum atomic E-state index is -7.68. The summed E-state index contributed by atoms with van der Waals surface area (Å²) in [6, 6.07) is 7.81. The van der Waals surface area contributed by atoms with Gasteiger partial charge in [0.05, 0.1) is 11.3 Å². The highest BCUT2D eigenvalue weighted by molar-refractivity contribution is 5.90. The van der Waals surface area contributed by atoms with Crippen LogP contribution in [0.3, 0.4) is 0 Å². The number of hydrogen-bond donors (Lipinski definition) is 0. The van der Waals surface area contributed by atoms with Gasteiger partial charge >= 0.3 is 42.0 Å². The molecule has 0 unspecified atom stereocenters. The highest BCUT2D eigenvalue weighted by Crippen LogP contribution is 2.58. The monoisotopic (exact) mass is 555 g/mol. The lowest BCUT2D eigenvalue weighted by Gasteiger charge is -2.38. The van der Waals surface area contributed by atoms with Crippen molar-refractivity contribution in [2.24, 2.45) is 0 Å². The fourth-order valence-corrected chi connectivity index (χ4v) is 2.91. The Morgan fingerprint density at radius 2 is 1.41 bits per heavy atom. The molecule has 0 aliphatic rings. The lowest BCUT2D eigenvalue weighted by atomic mass is 9.94. The van der Waals surface area contributed by atoms with Crippen LogP contribution in [0.2, 0.25) is 0 Å². The van der Waals surface area contributed by atoms with E-state index in [4.69, 9.17) is 0 Å². The van der Waals surface area contributed by atoms with E-state index in [1.54, 1.807) is 18.3 Å². The Bertz CT molecular complexity index is 1070. The molecule has 0 bridgehead atoms. The Kier molecular flexibility index (Phi) is 8.50. The molecule has 0 amide bonds. The first-order valence-corrected chi connectivity index (χ1v) is 10.2. The van der Waals surface area contributed by atoms with Crippen LogP contribution in [-0.2, 0) is 11.2 Å². The molecular formula is C22H17F12NO2. The van der Waals surface area contributed by atoms with E-state index in [1.165, 1.54) is 12.1 Å². The number of rotatable bonds is 11. The second kappa shape index (κ2) is 10.4. The average Bonchev–Trinajstić information content (AvgIpc) is 2.82. The Labute approximate surface area is 201 Å². The van der Waals surface area contributed by atoms with Crippen molar-refractivity contribution in [3.05, 3.63) is 53.7 Å². The number of aromatic nitrogens is 1. The number of alkyl halides is 12. The van der Waals surface area contributed by atoms with Crippen LogP contribution in [0.4, 0.5) is 52.7 Å². The van der Waals surface area contributed by atoms with Gasteiger partial charge in [0.15, 0.2) is 6.61 Å². The smallest absolute Gasteiger partial charge is 0.384 e. The van der Waals surface area contributed by atoms with Gasteiger partial charge in [-0.3, -0.25) is 4.98 Å². The summed E-state index contributed by atoms with van der Waals surface area (Å²) in [4.78, 5) is 16.1. The lowest BCUT2D eigenvalue weighted by Crippen LogP contribution is -2.69. The van der Waals surface area contributed by atoms with E-state index in [9.17, 15) is 57.5 Å². The number of benzene rings is 1. The van der Waals surface area contributed by atoms with Crippen LogP contribution in [0.5, 0.6) is 0 Å². The molecule has 0 fully saturated rings. The molecule has 1 aromatic heterocycles. The summed E-state index contributed by atoms with van der Waals surface area (Å²) in [5, 5.41) is 0. The molecule has 2 aromatic rings. The van der Waals surface area contributed by atoms with Gasteiger partial charge in [0.1, 0.15) is 0 Å². The summed E-state index contributed by atoms with van der Waals surface area (Å²) in [7, 11) is 0. The standard InChI is InChI=1S/C22H17F12NO2/c1-2-3-12-4-9-15(35-10-12)13-5-7-14(8-6-13)16(36)37-11-18(25,26)20(29,30)22(33,34)21(31,32)19(27,28)17(23)24/h4-10,17H,2-3,11H2,1H3. The summed E-state index contributed by atoms with van der Waals surface area (Å²) in [5.41, 5.74) is 1.21. The Morgan fingerprint density at radius 3 is 1.86 bits per heavy atom.